The number of alkyl halides is 3. The van der Waals surface area contributed by atoms with Gasteiger partial charge in [-0.15, -0.1) is 0 Å². The third-order valence-electron chi connectivity index (χ3n) is 11.7. The number of urea groups is 1. The zero-order valence-electron chi connectivity index (χ0n) is 32.6. The number of anilines is 3. The third kappa shape index (κ3) is 7.94. The molecular weight excluding hydrogens is 752 g/mol. The van der Waals surface area contributed by atoms with E-state index in [1.807, 2.05) is 29.2 Å². The van der Waals surface area contributed by atoms with Crippen LogP contribution in [0.2, 0.25) is 0 Å². The highest BCUT2D eigenvalue weighted by Gasteiger charge is 2.34. The number of carbonyl (C=O) groups is 3. The Hall–Kier alpha value is -5.61. The molecule has 1 aliphatic carbocycles. The van der Waals surface area contributed by atoms with Gasteiger partial charge in [0.25, 0.3) is 5.91 Å². The molecule has 0 spiro atoms. The van der Waals surface area contributed by atoms with Crippen LogP contribution in [0.5, 0.6) is 0 Å². The molecule has 0 bridgehead atoms. The van der Waals surface area contributed by atoms with Crippen LogP contribution in [0.4, 0.5) is 35.0 Å². The molecule has 1 saturated carbocycles. The van der Waals surface area contributed by atoms with Gasteiger partial charge in [-0.3, -0.25) is 34.4 Å². The zero-order valence-corrected chi connectivity index (χ0v) is 32.6. The average molecular weight is 798 g/mol. The molecule has 5 heterocycles. The fraction of sp³-hybridized carbons (Fsp3) is 0.429. The standard InChI is InChI=1S/C42H46F3N9O4/c1-25-22-52(35-8-4-6-29-30(35)20-46-21-36(29)53-15-14-38(55)49-40(53)57)17-16-51(25)23-26-10-12-28(13-11-26)54-24-27-18-34(31(41(2,3)58)19-33(27)50-54)48-39(56)32-7-5-9-37(47-32)42(43,44)45/h4-9,18-21,24-26,28,58H,10-17,22-23H2,1-3H3,(H,48,56)(H,49,55,57)/t25-,26?,28?/m0/s1. The lowest BCUT2D eigenvalue weighted by atomic mass is 9.85. The quantitative estimate of drug-likeness (QED) is 0.153. The van der Waals surface area contributed by atoms with E-state index in [1.165, 1.54) is 6.07 Å². The maximum atomic E-state index is 13.3. The fourth-order valence-electron chi connectivity index (χ4n) is 8.65. The smallest absolute Gasteiger partial charge is 0.386 e. The second kappa shape index (κ2) is 15.3. The molecule has 0 unspecified atom stereocenters. The summed E-state index contributed by atoms with van der Waals surface area (Å²) in [6.07, 6.45) is 5.01. The first kappa shape index (κ1) is 39.2. The van der Waals surface area contributed by atoms with E-state index in [1.54, 1.807) is 37.1 Å². The van der Waals surface area contributed by atoms with E-state index >= 15 is 0 Å². The lowest BCUT2D eigenvalue weighted by molar-refractivity contribution is -0.141. The summed E-state index contributed by atoms with van der Waals surface area (Å²) in [6.45, 7) is 9.36. The highest BCUT2D eigenvalue weighted by molar-refractivity contribution is 6.11. The van der Waals surface area contributed by atoms with Gasteiger partial charge in [0.05, 0.1) is 29.0 Å². The summed E-state index contributed by atoms with van der Waals surface area (Å²) >= 11 is 0. The summed E-state index contributed by atoms with van der Waals surface area (Å²) in [5.41, 5.74) is 0.145. The number of pyridine rings is 2. The average Bonchev–Trinajstić information content (AvgIpc) is 3.61. The van der Waals surface area contributed by atoms with Crippen molar-refractivity contribution in [3.63, 3.8) is 0 Å². The third-order valence-corrected chi connectivity index (χ3v) is 11.7. The molecule has 1 atom stereocenters. The number of rotatable bonds is 8. The number of piperazine rings is 1. The second-order valence-corrected chi connectivity index (χ2v) is 16.2. The number of nitrogens with zero attached hydrogens (tertiary/aromatic N) is 7. The van der Waals surface area contributed by atoms with Crippen LogP contribution in [0.3, 0.4) is 0 Å². The monoisotopic (exact) mass is 797 g/mol. The number of halogens is 3. The molecule has 3 N–H and O–H groups in total. The molecule has 0 radical (unpaired) electrons. The minimum atomic E-state index is -4.69. The van der Waals surface area contributed by atoms with Crippen molar-refractivity contribution < 1.29 is 32.7 Å². The molecule has 58 heavy (non-hydrogen) atoms. The van der Waals surface area contributed by atoms with Crippen LogP contribution in [0.1, 0.15) is 80.7 Å². The number of carbonyl (C=O) groups excluding carboxylic acids is 3. The first-order chi connectivity index (χ1) is 27.6. The summed E-state index contributed by atoms with van der Waals surface area (Å²) < 4.78 is 41.8. The van der Waals surface area contributed by atoms with E-state index in [2.05, 4.69) is 43.4 Å². The van der Waals surface area contributed by atoms with Crippen LogP contribution in [-0.4, -0.2) is 86.4 Å². The molecule has 3 aromatic heterocycles. The molecule has 16 heteroatoms. The number of aliphatic hydroxyl groups is 1. The first-order valence-corrected chi connectivity index (χ1v) is 19.7. The molecule has 5 aromatic rings. The predicted octanol–water partition coefficient (Wildman–Crippen LogP) is 6.87. The summed E-state index contributed by atoms with van der Waals surface area (Å²) in [6, 6.07) is 12.8. The number of aromatic nitrogens is 4. The van der Waals surface area contributed by atoms with Gasteiger partial charge in [-0.25, -0.2) is 9.78 Å². The second-order valence-electron chi connectivity index (χ2n) is 16.2. The van der Waals surface area contributed by atoms with Gasteiger partial charge in [-0.1, -0.05) is 18.2 Å². The molecule has 13 nitrogen and oxygen atoms in total. The Morgan fingerprint density at radius 1 is 0.966 bits per heavy atom. The van der Waals surface area contributed by atoms with Crippen molar-refractivity contribution in [3.05, 3.63) is 84.1 Å². The van der Waals surface area contributed by atoms with Gasteiger partial charge < -0.3 is 15.3 Å². The van der Waals surface area contributed by atoms with E-state index in [0.717, 1.165) is 85.8 Å². The molecule has 2 saturated heterocycles. The predicted molar refractivity (Wildman–Crippen MR) is 214 cm³/mol. The van der Waals surface area contributed by atoms with Crippen LogP contribution in [0, 0.1) is 5.92 Å². The Morgan fingerprint density at radius 3 is 2.47 bits per heavy atom. The minimum absolute atomic E-state index is 0.178. The van der Waals surface area contributed by atoms with Crippen LogP contribution >= 0.6 is 0 Å². The van der Waals surface area contributed by atoms with E-state index in [0.29, 0.717) is 35.3 Å². The van der Waals surface area contributed by atoms with Crippen molar-refractivity contribution in [1.82, 2.24) is 30.0 Å². The summed E-state index contributed by atoms with van der Waals surface area (Å²) in [7, 11) is 0. The van der Waals surface area contributed by atoms with Gasteiger partial charge in [-0.05, 0) is 82.7 Å². The maximum absolute atomic E-state index is 13.3. The Kier molecular flexibility index (Phi) is 10.3. The van der Waals surface area contributed by atoms with E-state index < -0.39 is 29.4 Å². The normalized spacial score (nSPS) is 21.1. The van der Waals surface area contributed by atoms with E-state index in [4.69, 9.17) is 5.10 Å². The number of imide groups is 1. The lowest BCUT2D eigenvalue weighted by Gasteiger charge is -2.43. The van der Waals surface area contributed by atoms with Gasteiger partial charge in [0.15, 0.2) is 0 Å². The van der Waals surface area contributed by atoms with Crippen LogP contribution in [0.25, 0.3) is 21.7 Å². The molecule has 4 amide bonds. The largest absolute Gasteiger partial charge is 0.433 e. The van der Waals surface area contributed by atoms with E-state index in [9.17, 15) is 32.7 Å². The van der Waals surface area contributed by atoms with Crippen LogP contribution in [0.15, 0.2) is 67.1 Å². The number of hydrogen-bond donors (Lipinski definition) is 3. The van der Waals surface area contributed by atoms with Gasteiger partial charge in [0, 0.05) is 90.7 Å². The first-order valence-electron chi connectivity index (χ1n) is 19.7. The summed E-state index contributed by atoms with van der Waals surface area (Å²) in [5, 5.41) is 23.6. The molecule has 2 aromatic carbocycles. The lowest BCUT2D eigenvalue weighted by Crippen LogP contribution is -2.53. The zero-order chi connectivity index (χ0) is 40.9. The molecular formula is C42H46F3N9O4. The number of hydrogen-bond acceptors (Lipinski definition) is 9. The molecule has 8 rings (SSSR count). The van der Waals surface area contributed by atoms with Crippen molar-refractivity contribution >= 4 is 56.6 Å². The Bertz CT molecular complexity index is 2390. The molecule has 3 aliphatic rings. The van der Waals surface area contributed by atoms with Gasteiger partial charge >= 0.3 is 12.2 Å². The van der Waals surface area contributed by atoms with Crippen molar-refractivity contribution in [2.75, 3.05) is 47.8 Å². The molecule has 2 aliphatic heterocycles. The van der Waals surface area contributed by atoms with Crippen molar-refractivity contribution in [2.45, 2.75) is 76.7 Å². The number of nitrogens with one attached hydrogen (secondary N) is 2. The van der Waals surface area contributed by atoms with Crippen LogP contribution < -0.4 is 20.4 Å². The van der Waals surface area contributed by atoms with Gasteiger partial charge in [0.1, 0.15) is 11.4 Å². The van der Waals surface area contributed by atoms with Gasteiger partial charge in [-0.2, -0.15) is 18.3 Å². The number of amides is 4. The maximum Gasteiger partial charge on any atom is 0.433 e. The Balaban J connectivity index is 0.903. The fourth-order valence-corrected chi connectivity index (χ4v) is 8.65. The molecule has 3 fully saturated rings. The van der Waals surface area contributed by atoms with Gasteiger partial charge in [0.2, 0.25) is 5.91 Å². The SMILES string of the molecule is C[C@H]1CN(c2cccc3c(N4CCC(=O)NC4=O)cncc23)CCN1CC1CCC(n2cc3cc(NC(=O)c4cccc(C(F)(F)F)n4)c(C(C)(C)O)cc3n2)CC1. The van der Waals surface area contributed by atoms with Crippen molar-refractivity contribution in [1.29, 1.82) is 0 Å². The van der Waals surface area contributed by atoms with Crippen molar-refractivity contribution in [2.24, 2.45) is 5.92 Å². The van der Waals surface area contributed by atoms with E-state index in [-0.39, 0.29) is 29.8 Å². The van der Waals surface area contributed by atoms with Crippen molar-refractivity contribution in [3.8, 4) is 0 Å². The number of benzene rings is 2. The minimum Gasteiger partial charge on any atom is -0.386 e. The molecule has 304 valence electrons. The Labute approximate surface area is 333 Å². The highest BCUT2D eigenvalue weighted by Crippen LogP contribution is 2.38. The summed E-state index contributed by atoms with van der Waals surface area (Å²) in [4.78, 5) is 52.1. The van der Waals surface area contributed by atoms with Crippen LogP contribution in [-0.2, 0) is 16.6 Å². The highest BCUT2D eigenvalue weighted by atomic mass is 19.4. The Morgan fingerprint density at radius 2 is 1.74 bits per heavy atom. The number of fused-ring (bicyclic) bond motifs is 2. The summed E-state index contributed by atoms with van der Waals surface area (Å²) in [5.74, 6) is -0.552. The topological polar surface area (TPSA) is 149 Å².